The minimum atomic E-state index is -0.433. The van der Waals surface area contributed by atoms with E-state index in [-0.39, 0.29) is 17.1 Å². The van der Waals surface area contributed by atoms with Crippen LogP contribution >= 0.6 is 27.3 Å². The average Bonchev–Trinajstić information content (AvgIpc) is 3.16. The lowest BCUT2D eigenvalue weighted by molar-refractivity contribution is 0.103. The Balaban J connectivity index is 2.11. The highest BCUT2D eigenvalue weighted by Gasteiger charge is 2.08. The number of ketones is 1. The first kappa shape index (κ1) is 16.6. The number of hydrogen-bond acceptors (Lipinski definition) is 4. The van der Waals surface area contributed by atoms with Gasteiger partial charge in [0.15, 0.2) is 5.76 Å². The van der Waals surface area contributed by atoms with Gasteiger partial charge in [-0.25, -0.2) is 4.39 Å². The molecular formula is C17H11BrFNO3S. The number of thiazole rings is 1. The fraction of sp³-hybridized carbons (Fsp3) is 0.0588. The molecule has 122 valence electrons. The summed E-state index contributed by atoms with van der Waals surface area (Å²) in [6.45, 7) is 0. The topological polar surface area (TPSA) is 52.2 Å². The van der Waals surface area contributed by atoms with Crippen LogP contribution in [0.25, 0.3) is 12.2 Å². The zero-order chi connectivity index (χ0) is 17.3. The number of carbonyl (C=O) groups is 1. The molecule has 24 heavy (non-hydrogen) atoms. The van der Waals surface area contributed by atoms with Crippen LogP contribution in [0.5, 0.6) is 0 Å². The quantitative estimate of drug-likeness (QED) is 0.626. The molecule has 7 heteroatoms. The van der Waals surface area contributed by atoms with Gasteiger partial charge in [-0.2, -0.15) is 0 Å². The van der Waals surface area contributed by atoms with Crippen molar-refractivity contribution >= 4 is 45.2 Å². The van der Waals surface area contributed by atoms with Gasteiger partial charge < -0.3 is 8.98 Å². The van der Waals surface area contributed by atoms with Gasteiger partial charge in [0, 0.05) is 23.2 Å². The molecule has 0 amide bonds. The maximum atomic E-state index is 13.9. The maximum Gasteiger partial charge on any atom is 0.268 e. The van der Waals surface area contributed by atoms with E-state index in [1.54, 1.807) is 31.3 Å². The third-order valence-electron chi connectivity index (χ3n) is 3.33. The predicted octanol–water partition coefficient (Wildman–Crippen LogP) is 2.43. The van der Waals surface area contributed by atoms with Crippen molar-refractivity contribution in [1.82, 2.24) is 4.57 Å². The van der Waals surface area contributed by atoms with Crippen LogP contribution in [0, 0.1) is 5.82 Å². The lowest BCUT2D eigenvalue weighted by Gasteiger charge is -1.95. The number of aromatic nitrogens is 1. The second kappa shape index (κ2) is 6.70. The Hall–Kier alpha value is -2.25. The smallest absolute Gasteiger partial charge is 0.268 e. The second-order valence-electron chi connectivity index (χ2n) is 4.96. The molecule has 4 nitrogen and oxygen atoms in total. The molecule has 2 aromatic heterocycles. The van der Waals surface area contributed by atoms with Crippen LogP contribution in [-0.2, 0) is 7.05 Å². The number of benzene rings is 1. The van der Waals surface area contributed by atoms with E-state index in [0.717, 1.165) is 11.3 Å². The summed E-state index contributed by atoms with van der Waals surface area (Å²) in [7, 11) is 1.56. The first-order chi connectivity index (χ1) is 11.5. The number of hydrogen-bond donors (Lipinski definition) is 0. The average molecular weight is 408 g/mol. The summed E-state index contributed by atoms with van der Waals surface area (Å²) in [6, 6.07) is 7.77. The maximum absolute atomic E-state index is 13.9. The Morgan fingerprint density at radius 1 is 1.38 bits per heavy atom. The van der Waals surface area contributed by atoms with E-state index in [1.165, 1.54) is 29.0 Å². The second-order valence-corrected chi connectivity index (χ2v) is 6.94. The zero-order valence-electron chi connectivity index (χ0n) is 12.5. The van der Waals surface area contributed by atoms with E-state index in [0.29, 0.717) is 19.2 Å². The van der Waals surface area contributed by atoms with Crippen molar-refractivity contribution in [3.05, 3.63) is 77.8 Å². The molecule has 3 aromatic rings. The van der Waals surface area contributed by atoms with Crippen molar-refractivity contribution < 1.29 is 13.6 Å². The molecule has 3 rings (SSSR count). The summed E-state index contributed by atoms with van der Waals surface area (Å²) in [5.74, 6) is -0.574. The van der Waals surface area contributed by atoms with E-state index in [4.69, 9.17) is 4.42 Å². The molecule has 0 spiro atoms. The van der Waals surface area contributed by atoms with Crippen LogP contribution in [0.1, 0.15) is 16.1 Å². The van der Waals surface area contributed by atoms with E-state index >= 15 is 0 Å². The van der Waals surface area contributed by atoms with Crippen molar-refractivity contribution in [1.29, 1.82) is 0 Å². The van der Waals surface area contributed by atoms with Crippen LogP contribution in [0.2, 0.25) is 0 Å². The van der Waals surface area contributed by atoms with Crippen molar-refractivity contribution in [2.75, 3.05) is 0 Å². The molecule has 0 aliphatic heterocycles. The van der Waals surface area contributed by atoms with Crippen molar-refractivity contribution in [3.8, 4) is 0 Å². The summed E-state index contributed by atoms with van der Waals surface area (Å²) < 4.78 is 21.8. The molecule has 0 bridgehead atoms. The van der Waals surface area contributed by atoms with E-state index in [9.17, 15) is 14.0 Å². The van der Waals surface area contributed by atoms with Crippen molar-refractivity contribution in [2.24, 2.45) is 7.05 Å². The van der Waals surface area contributed by atoms with Gasteiger partial charge >= 0.3 is 0 Å². The fourth-order valence-corrected chi connectivity index (χ4v) is 3.42. The molecule has 0 N–H and O–H groups in total. The highest BCUT2D eigenvalue weighted by Crippen LogP contribution is 2.15. The van der Waals surface area contributed by atoms with Gasteiger partial charge in [0.05, 0.1) is 10.8 Å². The molecule has 1 aromatic carbocycles. The minimum Gasteiger partial charge on any atom is -0.461 e. The van der Waals surface area contributed by atoms with Crippen molar-refractivity contribution in [2.45, 2.75) is 0 Å². The molecule has 0 saturated heterocycles. The van der Waals surface area contributed by atoms with Crippen LogP contribution in [0.3, 0.4) is 0 Å². The summed E-state index contributed by atoms with van der Waals surface area (Å²) in [6.07, 6.45) is 4.22. The van der Waals surface area contributed by atoms with Gasteiger partial charge in [-0.1, -0.05) is 22.0 Å². The summed E-state index contributed by atoms with van der Waals surface area (Å²) >= 11 is 4.31. The van der Waals surface area contributed by atoms with E-state index in [2.05, 4.69) is 15.9 Å². The molecular weight excluding hydrogens is 397 g/mol. The van der Waals surface area contributed by atoms with E-state index < -0.39 is 5.82 Å². The number of Topliss-reactive ketones (excluding diaryl/α,β-unsaturated/α-hetero) is 1. The number of furan rings is 1. The lowest BCUT2D eigenvalue weighted by Crippen LogP contribution is -2.29. The number of nitrogens with zero attached hydrogens (tertiary/aromatic N) is 1. The third-order valence-corrected chi connectivity index (χ3v) is 4.93. The standard InChI is InChI=1S/C17H11BrFNO3S/c1-20-16(9-13(21)14-3-2-6-23-14)24-15(17(20)22)7-10-4-5-11(18)8-12(10)19/h2-9H,1H3/b15-7+,16-9-. The van der Waals surface area contributed by atoms with Crippen LogP contribution in [-0.4, -0.2) is 10.4 Å². The normalized spacial score (nSPS) is 12.8. The first-order valence-electron chi connectivity index (χ1n) is 6.88. The van der Waals surface area contributed by atoms with Gasteiger partial charge in [-0.15, -0.1) is 11.3 Å². The van der Waals surface area contributed by atoms with Gasteiger partial charge in [0.2, 0.25) is 5.78 Å². The molecule has 0 fully saturated rings. The third kappa shape index (κ3) is 3.32. The SMILES string of the molecule is Cn1c(=O)/c(=C\c2ccc(Br)cc2F)s/c1=C\C(=O)c1ccco1. The Kier molecular flexibility index (Phi) is 4.64. The minimum absolute atomic E-state index is 0.195. The molecule has 0 unspecified atom stereocenters. The number of rotatable bonds is 3. The lowest BCUT2D eigenvalue weighted by atomic mass is 10.2. The highest BCUT2D eigenvalue weighted by molar-refractivity contribution is 9.10. The van der Waals surface area contributed by atoms with Crippen LogP contribution < -0.4 is 14.8 Å². The van der Waals surface area contributed by atoms with Crippen molar-refractivity contribution in [3.63, 3.8) is 0 Å². The summed E-state index contributed by atoms with van der Waals surface area (Å²) in [5.41, 5.74) is 0.0156. The van der Waals surface area contributed by atoms with Gasteiger partial charge in [-0.3, -0.25) is 9.59 Å². The van der Waals surface area contributed by atoms with Gasteiger partial charge in [0.1, 0.15) is 10.5 Å². The number of carbonyl (C=O) groups excluding carboxylic acids is 1. The Morgan fingerprint density at radius 2 is 2.17 bits per heavy atom. The Labute approximate surface area is 148 Å². The van der Waals surface area contributed by atoms with Gasteiger partial charge in [0.25, 0.3) is 5.56 Å². The largest absolute Gasteiger partial charge is 0.461 e. The first-order valence-corrected chi connectivity index (χ1v) is 8.49. The summed E-state index contributed by atoms with van der Waals surface area (Å²) in [5, 5.41) is 0. The van der Waals surface area contributed by atoms with Crippen LogP contribution in [0.4, 0.5) is 4.39 Å². The summed E-state index contributed by atoms with van der Waals surface area (Å²) in [4.78, 5) is 24.4. The molecule has 0 radical (unpaired) electrons. The Morgan fingerprint density at radius 3 is 2.83 bits per heavy atom. The molecule has 0 aliphatic rings. The van der Waals surface area contributed by atoms with Gasteiger partial charge in [-0.05, 0) is 30.3 Å². The Bertz CT molecular complexity index is 1080. The molecule has 2 heterocycles. The monoisotopic (exact) mass is 407 g/mol. The highest BCUT2D eigenvalue weighted by atomic mass is 79.9. The fourth-order valence-electron chi connectivity index (χ4n) is 2.07. The number of halogens is 2. The van der Waals surface area contributed by atoms with E-state index in [1.807, 2.05) is 0 Å². The zero-order valence-corrected chi connectivity index (χ0v) is 14.9. The molecule has 0 atom stereocenters. The molecule has 0 saturated carbocycles. The predicted molar refractivity (Wildman–Crippen MR) is 94.0 cm³/mol. The van der Waals surface area contributed by atoms with Crippen LogP contribution in [0.15, 0.2) is 50.3 Å². The molecule has 0 aliphatic carbocycles.